The molecule has 0 bridgehead atoms. The number of phenols is 2. The molecule has 1 fully saturated rings. The number of piperidine rings is 1. The third kappa shape index (κ3) is 3.76. The summed E-state index contributed by atoms with van der Waals surface area (Å²) in [6.45, 7) is 2.96. The topological polar surface area (TPSA) is 131 Å². The normalized spacial score (nSPS) is 25.9. The summed E-state index contributed by atoms with van der Waals surface area (Å²) in [7, 11) is 1.61. The fourth-order valence-corrected chi connectivity index (χ4v) is 3.64. The lowest BCUT2D eigenvalue weighted by molar-refractivity contribution is -0.129. The second kappa shape index (κ2) is 6.98. The number of guanidine groups is 1. The minimum atomic E-state index is -0.635. The molecule has 0 aromatic heterocycles. The van der Waals surface area contributed by atoms with Gasteiger partial charge in [0, 0.05) is 37.8 Å². The van der Waals surface area contributed by atoms with Crippen molar-refractivity contribution < 1.29 is 19.8 Å². The third-order valence-electron chi connectivity index (χ3n) is 5.41. The van der Waals surface area contributed by atoms with Crippen LogP contribution >= 0.6 is 0 Å². The smallest absolute Gasteiger partial charge is 0.321 e. The Morgan fingerprint density at radius 3 is 2.78 bits per heavy atom. The number of hydrogen-bond donors (Lipinski definition) is 4. The molecule has 1 unspecified atom stereocenters. The number of carbonyl (C=O) groups is 2. The molecule has 9 heteroatoms. The zero-order valence-electron chi connectivity index (χ0n) is 15.5. The van der Waals surface area contributed by atoms with E-state index in [1.54, 1.807) is 11.9 Å². The number of likely N-dealkylation sites (tertiary alicyclic amines) is 1. The lowest BCUT2D eigenvalue weighted by Gasteiger charge is -2.43. The van der Waals surface area contributed by atoms with Crippen LogP contribution in [0.2, 0.25) is 0 Å². The van der Waals surface area contributed by atoms with Gasteiger partial charge in [0.25, 0.3) is 0 Å². The van der Waals surface area contributed by atoms with Crippen LogP contribution in [0.3, 0.4) is 0 Å². The highest BCUT2D eigenvalue weighted by Gasteiger charge is 2.43. The van der Waals surface area contributed by atoms with Crippen molar-refractivity contribution >= 4 is 23.6 Å². The molecule has 0 radical (unpaired) electrons. The highest BCUT2D eigenvalue weighted by molar-refractivity contribution is 5.98. The van der Waals surface area contributed by atoms with Crippen molar-refractivity contribution in [2.45, 2.75) is 31.7 Å². The summed E-state index contributed by atoms with van der Waals surface area (Å²) in [6, 6.07) is 3.81. The maximum absolute atomic E-state index is 12.6. The molecule has 0 aliphatic carbocycles. The number of nitrogens with one attached hydrogen (secondary N) is 1. The maximum Gasteiger partial charge on any atom is 0.321 e. The van der Waals surface area contributed by atoms with Gasteiger partial charge in [-0.05, 0) is 31.9 Å². The number of nitrogens with zero attached hydrogens (tertiary/aromatic N) is 3. The fourth-order valence-electron chi connectivity index (χ4n) is 3.64. The molecular weight excluding hydrogens is 350 g/mol. The van der Waals surface area contributed by atoms with Crippen molar-refractivity contribution in [1.82, 2.24) is 9.80 Å². The Balaban J connectivity index is 1.71. The summed E-state index contributed by atoms with van der Waals surface area (Å²) >= 11 is 0. The predicted molar refractivity (Wildman–Crippen MR) is 101 cm³/mol. The number of aromatic hydroxyl groups is 2. The number of nitrogens with two attached hydrogens (primary N) is 1. The summed E-state index contributed by atoms with van der Waals surface area (Å²) in [5, 5.41) is 21.7. The minimum absolute atomic E-state index is 0.0152. The Bertz CT molecular complexity index is 796. The van der Waals surface area contributed by atoms with E-state index in [1.165, 1.54) is 23.1 Å². The second-order valence-electron chi connectivity index (χ2n) is 7.38. The Morgan fingerprint density at radius 2 is 2.11 bits per heavy atom. The van der Waals surface area contributed by atoms with E-state index in [0.29, 0.717) is 18.8 Å². The van der Waals surface area contributed by atoms with Crippen molar-refractivity contribution in [3.05, 3.63) is 18.2 Å². The number of aliphatic imine (C=N–C) groups is 1. The van der Waals surface area contributed by atoms with E-state index in [-0.39, 0.29) is 41.7 Å². The number of hydrogen-bond acceptors (Lipinski definition) is 6. The van der Waals surface area contributed by atoms with Gasteiger partial charge in [0.2, 0.25) is 5.91 Å². The van der Waals surface area contributed by atoms with Crippen LogP contribution in [-0.4, -0.2) is 63.6 Å². The third-order valence-corrected chi connectivity index (χ3v) is 5.41. The molecule has 3 amide bonds. The van der Waals surface area contributed by atoms with E-state index in [1.807, 2.05) is 6.92 Å². The Hall–Kier alpha value is -2.97. The average Bonchev–Trinajstić information content (AvgIpc) is 2.63. The van der Waals surface area contributed by atoms with Gasteiger partial charge in [0.05, 0.1) is 12.0 Å². The number of phenolic OH excluding ortho intramolecular Hbond substituents is 2. The number of amides is 3. The Labute approximate surface area is 157 Å². The van der Waals surface area contributed by atoms with Crippen molar-refractivity contribution in [2.75, 3.05) is 25.5 Å². The fraction of sp³-hybridized carbons (Fsp3) is 0.500. The molecule has 2 atom stereocenters. The second-order valence-corrected chi connectivity index (χ2v) is 7.38. The first-order chi connectivity index (χ1) is 12.7. The van der Waals surface area contributed by atoms with Gasteiger partial charge in [-0.25, -0.2) is 9.79 Å². The van der Waals surface area contributed by atoms with Gasteiger partial charge in [0.1, 0.15) is 0 Å². The summed E-state index contributed by atoms with van der Waals surface area (Å²) in [5.41, 5.74) is 5.65. The van der Waals surface area contributed by atoms with E-state index in [2.05, 4.69) is 10.3 Å². The predicted octanol–water partition coefficient (Wildman–Crippen LogP) is 1.28. The zero-order chi connectivity index (χ0) is 19.8. The van der Waals surface area contributed by atoms with Gasteiger partial charge in [-0.15, -0.1) is 0 Å². The van der Waals surface area contributed by atoms with Crippen molar-refractivity contribution in [3.63, 3.8) is 0 Å². The van der Waals surface area contributed by atoms with E-state index < -0.39 is 5.54 Å². The number of carbonyl (C=O) groups excluding carboxylic acids is 2. The summed E-state index contributed by atoms with van der Waals surface area (Å²) in [6.07, 6.45) is 1.91. The van der Waals surface area contributed by atoms with Crippen molar-refractivity contribution in [2.24, 2.45) is 16.6 Å². The lowest BCUT2D eigenvalue weighted by Crippen LogP contribution is -2.55. The van der Waals surface area contributed by atoms with Gasteiger partial charge in [-0.2, -0.15) is 0 Å². The highest BCUT2D eigenvalue weighted by atomic mass is 16.3. The average molecular weight is 375 g/mol. The quantitative estimate of drug-likeness (QED) is 0.457. The van der Waals surface area contributed by atoms with Crippen LogP contribution in [0, 0.1) is 5.92 Å². The van der Waals surface area contributed by atoms with Crippen molar-refractivity contribution in [1.29, 1.82) is 0 Å². The summed E-state index contributed by atoms with van der Waals surface area (Å²) in [4.78, 5) is 32.4. The van der Waals surface area contributed by atoms with E-state index in [9.17, 15) is 19.8 Å². The number of urea groups is 1. The van der Waals surface area contributed by atoms with Crippen LogP contribution in [0.25, 0.3) is 0 Å². The summed E-state index contributed by atoms with van der Waals surface area (Å²) in [5.74, 6) is -0.407. The van der Waals surface area contributed by atoms with Gasteiger partial charge in [-0.1, -0.05) is 0 Å². The SMILES string of the molecule is CN1C(=O)C[C@@](C)(C2CCCN(C(=O)Nc3ccc(O)c(O)c3)C2)N=C1N. The molecule has 1 aromatic carbocycles. The molecule has 9 nitrogen and oxygen atoms in total. The number of anilines is 1. The van der Waals surface area contributed by atoms with Crippen LogP contribution in [-0.2, 0) is 4.79 Å². The van der Waals surface area contributed by atoms with Crippen LogP contribution in [0.1, 0.15) is 26.2 Å². The molecule has 3 rings (SSSR count). The van der Waals surface area contributed by atoms with Crippen LogP contribution in [0.15, 0.2) is 23.2 Å². The molecular formula is C18H25N5O4. The molecule has 1 saturated heterocycles. The van der Waals surface area contributed by atoms with E-state index in [4.69, 9.17) is 5.73 Å². The minimum Gasteiger partial charge on any atom is -0.504 e. The van der Waals surface area contributed by atoms with Crippen LogP contribution in [0.4, 0.5) is 10.5 Å². The molecule has 27 heavy (non-hydrogen) atoms. The molecule has 0 spiro atoms. The first-order valence-electron chi connectivity index (χ1n) is 8.89. The van der Waals surface area contributed by atoms with Crippen LogP contribution < -0.4 is 11.1 Å². The van der Waals surface area contributed by atoms with Crippen LogP contribution in [0.5, 0.6) is 11.5 Å². The molecule has 2 heterocycles. The molecule has 1 aromatic rings. The number of rotatable bonds is 2. The Morgan fingerprint density at radius 1 is 1.37 bits per heavy atom. The molecule has 0 saturated carbocycles. The van der Waals surface area contributed by atoms with E-state index in [0.717, 1.165) is 12.8 Å². The van der Waals surface area contributed by atoms with Gasteiger partial charge in [0.15, 0.2) is 17.5 Å². The standard InChI is InChI=1S/C18H25N5O4/c1-18(9-15(26)22(2)16(19)21-18)11-4-3-7-23(10-11)17(27)20-12-5-6-13(24)14(25)8-12/h5-6,8,11,24-25H,3-4,7,9-10H2,1-2H3,(H2,19,21)(H,20,27)/t11?,18-/m0/s1. The zero-order valence-corrected chi connectivity index (χ0v) is 15.5. The lowest BCUT2D eigenvalue weighted by atomic mass is 9.77. The number of benzene rings is 1. The largest absolute Gasteiger partial charge is 0.504 e. The molecule has 5 N–H and O–H groups in total. The van der Waals surface area contributed by atoms with Gasteiger partial charge in [-0.3, -0.25) is 9.69 Å². The first kappa shape index (κ1) is 18.8. The van der Waals surface area contributed by atoms with E-state index >= 15 is 0 Å². The van der Waals surface area contributed by atoms with Gasteiger partial charge >= 0.3 is 6.03 Å². The first-order valence-corrected chi connectivity index (χ1v) is 8.89. The molecule has 2 aliphatic rings. The summed E-state index contributed by atoms with van der Waals surface area (Å²) < 4.78 is 0. The molecule has 2 aliphatic heterocycles. The monoisotopic (exact) mass is 375 g/mol. The van der Waals surface area contributed by atoms with Crippen molar-refractivity contribution in [3.8, 4) is 11.5 Å². The Kier molecular flexibility index (Phi) is 4.86. The van der Waals surface area contributed by atoms with Gasteiger partial charge < -0.3 is 26.2 Å². The highest BCUT2D eigenvalue weighted by Crippen LogP contribution is 2.36. The molecule has 146 valence electrons. The maximum atomic E-state index is 12.6.